The highest BCUT2D eigenvalue weighted by Gasteiger charge is 2.10. The summed E-state index contributed by atoms with van der Waals surface area (Å²) >= 11 is 3.31. The maximum Gasteiger partial charge on any atom is 0.249 e. The number of nitrogens with zero attached hydrogens (tertiary/aromatic N) is 1. The van der Waals surface area contributed by atoms with Gasteiger partial charge in [-0.1, -0.05) is 0 Å². The third kappa shape index (κ3) is 1.21. The van der Waals surface area contributed by atoms with E-state index in [4.69, 9.17) is 5.73 Å². The van der Waals surface area contributed by atoms with Crippen LogP contribution in [0.2, 0.25) is 0 Å². The number of H-pyrrole nitrogens is 1. The van der Waals surface area contributed by atoms with Gasteiger partial charge >= 0.3 is 0 Å². The third-order valence-corrected chi connectivity index (χ3v) is 2.42. The topological polar surface area (TPSA) is 71.8 Å². The number of nitrogens with two attached hydrogens (primary N) is 1. The molecule has 66 valence electrons. The molecule has 0 saturated carbocycles. The quantitative estimate of drug-likeness (QED) is 0.791. The van der Waals surface area contributed by atoms with Crippen molar-refractivity contribution in [3.05, 3.63) is 28.5 Å². The molecule has 0 unspecified atom stereocenters. The SMILES string of the molecule is NC(=O)c1ccnc2[nH]cc(Br)c12. The molecule has 0 bridgehead atoms. The summed E-state index contributed by atoms with van der Waals surface area (Å²) in [6.07, 6.45) is 3.27. The Kier molecular flexibility index (Phi) is 1.81. The molecule has 4 nitrogen and oxygen atoms in total. The van der Waals surface area contributed by atoms with Crippen LogP contribution in [-0.4, -0.2) is 15.9 Å². The summed E-state index contributed by atoms with van der Waals surface area (Å²) < 4.78 is 0.796. The van der Waals surface area contributed by atoms with E-state index in [0.29, 0.717) is 11.2 Å². The Balaban J connectivity index is 2.88. The van der Waals surface area contributed by atoms with Gasteiger partial charge in [0.1, 0.15) is 5.65 Å². The maximum atomic E-state index is 11.0. The van der Waals surface area contributed by atoms with Crippen LogP contribution in [0.5, 0.6) is 0 Å². The predicted octanol–water partition coefficient (Wildman–Crippen LogP) is 1.42. The first kappa shape index (κ1) is 8.25. The van der Waals surface area contributed by atoms with Gasteiger partial charge in [-0.2, -0.15) is 0 Å². The molecule has 0 atom stereocenters. The van der Waals surface area contributed by atoms with Crippen molar-refractivity contribution in [3.8, 4) is 0 Å². The fourth-order valence-electron chi connectivity index (χ4n) is 1.22. The van der Waals surface area contributed by atoms with E-state index >= 15 is 0 Å². The van der Waals surface area contributed by atoms with Crippen LogP contribution in [0.15, 0.2) is 22.9 Å². The predicted molar refractivity (Wildman–Crippen MR) is 52.3 cm³/mol. The monoisotopic (exact) mass is 239 g/mol. The van der Waals surface area contributed by atoms with Gasteiger partial charge < -0.3 is 10.7 Å². The first-order valence-corrected chi connectivity index (χ1v) is 4.41. The molecule has 5 heteroatoms. The zero-order valence-electron chi connectivity index (χ0n) is 6.54. The summed E-state index contributed by atoms with van der Waals surface area (Å²) in [6, 6.07) is 1.60. The average molecular weight is 240 g/mol. The molecule has 0 saturated heterocycles. The number of pyridine rings is 1. The van der Waals surface area contributed by atoms with E-state index in [1.807, 2.05) is 0 Å². The van der Waals surface area contributed by atoms with Crippen molar-refractivity contribution in [3.63, 3.8) is 0 Å². The van der Waals surface area contributed by atoms with E-state index in [2.05, 4.69) is 25.9 Å². The summed E-state index contributed by atoms with van der Waals surface area (Å²) in [5.41, 5.74) is 6.33. The van der Waals surface area contributed by atoms with Crippen LogP contribution in [0.4, 0.5) is 0 Å². The van der Waals surface area contributed by atoms with E-state index in [0.717, 1.165) is 9.86 Å². The Morgan fingerprint density at radius 2 is 2.38 bits per heavy atom. The lowest BCUT2D eigenvalue weighted by Gasteiger charge is -1.96. The van der Waals surface area contributed by atoms with Crippen molar-refractivity contribution in [2.24, 2.45) is 5.73 Å². The molecule has 3 N–H and O–H groups in total. The van der Waals surface area contributed by atoms with Crippen molar-refractivity contribution in [1.29, 1.82) is 0 Å². The van der Waals surface area contributed by atoms with Crippen LogP contribution < -0.4 is 5.73 Å². The Morgan fingerprint density at radius 1 is 1.62 bits per heavy atom. The first-order valence-electron chi connectivity index (χ1n) is 3.61. The minimum atomic E-state index is -0.451. The lowest BCUT2D eigenvalue weighted by molar-refractivity contribution is 0.100. The second kappa shape index (κ2) is 2.85. The number of nitrogens with one attached hydrogen (secondary N) is 1. The number of rotatable bonds is 1. The van der Waals surface area contributed by atoms with Gasteiger partial charge in [0, 0.05) is 22.3 Å². The summed E-state index contributed by atoms with van der Waals surface area (Å²) in [5.74, 6) is -0.451. The van der Waals surface area contributed by atoms with Crippen LogP contribution in [0.3, 0.4) is 0 Å². The Morgan fingerprint density at radius 3 is 3.08 bits per heavy atom. The summed E-state index contributed by atoms with van der Waals surface area (Å²) in [4.78, 5) is 18.0. The van der Waals surface area contributed by atoms with Gasteiger partial charge in [0.15, 0.2) is 0 Å². The smallest absolute Gasteiger partial charge is 0.249 e. The second-order valence-electron chi connectivity index (χ2n) is 2.58. The molecule has 0 aliphatic rings. The summed E-state index contributed by atoms with van der Waals surface area (Å²) in [6.45, 7) is 0. The van der Waals surface area contributed by atoms with Crippen LogP contribution >= 0.6 is 15.9 Å². The highest BCUT2D eigenvalue weighted by atomic mass is 79.9. The maximum absolute atomic E-state index is 11.0. The molecule has 13 heavy (non-hydrogen) atoms. The molecular weight excluding hydrogens is 234 g/mol. The van der Waals surface area contributed by atoms with Crippen LogP contribution in [0.25, 0.3) is 11.0 Å². The first-order chi connectivity index (χ1) is 6.20. The second-order valence-corrected chi connectivity index (χ2v) is 3.44. The molecule has 0 radical (unpaired) electrons. The zero-order valence-corrected chi connectivity index (χ0v) is 8.13. The van der Waals surface area contributed by atoms with Crippen LogP contribution in [0, 0.1) is 0 Å². The Bertz CT molecular complexity index is 477. The highest BCUT2D eigenvalue weighted by Crippen LogP contribution is 2.24. The lowest BCUT2D eigenvalue weighted by atomic mass is 10.2. The van der Waals surface area contributed by atoms with Crippen molar-refractivity contribution in [1.82, 2.24) is 9.97 Å². The lowest BCUT2D eigenvalue weighted by Crippen LogP contribution is -2.11. The van der Waals surface area contributed by atoms with E-state index < -0.39 is 5.91 Å². The zero-order chi connectivity index (χ0) is 9.42. The molecule has 0 aliphatic carbocycles. The summed E-state index contributed by atoms with van der Waals surface area (Å²) in [5, 5.41) is 0.731. The van der Waals surface area contributed by atoms with Gasteiger partial charge in [0.2, 0.25) is 5.91 Å². The molecule has 2 rings (SSSR count). The van der Waals surface area contributed by atoms with Crippen molar-refractivity contribution < 1.29 is 4.79 Å². The molecule has 0 aliphatic heterocycles. The standard InChI is InChI=1S/C8H6BrN3O/c9-5-3-12-8-6(5)4(7(10)13)1-2-11-8/h1-3H,(H2,10,13)(H,11,12). The number of carbonyl (C=O) groups excluding carboxylic acids is 1. The molecule has 1 amide bonds. The fourth-order valence-corrected chi connectivity index (χ4v) is 1.74. The van der Waals surface area contributed by atoms with E-state index in [1.165, 1.54) is 0 Å². The van der Waals surface area contributed by atoms with E-state index in [-0.39, 0.29) is 0 Å². The van der Waals surface area contributed by atoms with Crippen molar-refractivity contribution in [2.45, 2.75) is 0 Å². The molecule has 0 aromatic carbocycles. The largest absolute Gasteiger partial charge is 0.366 e. The van der Waals surface area contributed by atoms with Gasteiger partial charge in [-0.05, 0) is 22.0 Å². The molecule has 2 aromatic heterocycles. The number of amides is 1. The van der Waals surface area contributed by atoms with Crippen LogP contribution in [0.1, 0.15) is 10.4 Å². The van der Waals surface area contributed by atoms with Crippen molar-refractivity contribution in [2.75, 3.05) is 0 Å². The molecule has 2 aromatic rings. The Hall–Kier alpha value is -1.36. The fraction of sp³-hybridized carbons (Fsp3) is 0. The molecule has 0 spiro atoms. The number of carbonyl (C=O) groups is 1. The number of aromatic nitrogens is 2. The minimum absolute atomic E-state index is 0.451. The average Bonchev–Trinajstić information content (AvgIpc) is 2.48. The minimum Gasteiger partial charge on any atom is -0.366 e. The summed E-state index contributed by atoms with van der Waals surface area (Å²) in [7, 11) is 0. The number of fused-ring (bicyclic) bond motifs is 1. The highest BCUT2D eigenvalue weighted by molar-refractivity contribution is 9.10. The van der Waals surface area contributed by atoms with Gasteiger partial charge in [-0.25, -0.2) is 4.98 Å². The number of hydrogen-bond donors (Lipinski definition) is 2. The normalized spacial score (nSPS) is 10.5. The van der Waals surface area contributed by atoms with Gasteiger partial charge in [0.05, 0.1) is 5.56 Å². The number of primary amides is 1. The van der Waals surface area contributed by atoms with E-state index in [9.17, 15) is 4.79 Å². The molecular formula is C8H6BrN3O. The number of hydrogen-bond acceptors (Lipinski definition) is 2. The molecule has 0 fully saturated rings. The number of halogens is 1. The van der Waals surface area contributed by atoms with Gasteiger partial charge in [0.25, 0.3) is 0 Å². The van der Waals surface area contributed by atoms with Gasteiger partial charge in [-0.3, -0.25) is 4.79 Å². The Labute approximate surface area is 82.3 Å². The third-order valence-electron chi connectivity index (χ3n) is 1.79. The number of aromatic amines is 1. The molecule has 2 heterocycles. The van der Waals surface area contributed by atoms with Crippen molar-refractivity contribution >= 4 is 32.9 Å². The van der Waals surface area contributed by atoms with Gasteiger partial charge in [-0.15, -0.1) is 0 Å². The van der Waals surface area contributed by atoms with E-state index in [1.54, 1.807) is 18.5 Å². The van der Waals surface area contributed by atoms with Crippen LogP contribution in [-0.2, 0) is 0 Å².